The molecular formula is C12H13BrF4O. The van der Waals surface area contributed by atoms with Crippen molar-refractivity contribution in [1.29, 1.82) is 0 Å². The van der Waals surface area contributed by atoms with Crippen LogP contribution in [0.4, 0.5) is 17.6 Å². The van der Waals surface area contributed by atoms with Crippen LogP contribution in [0.2, 0.25) is 0 Å². The molecule has 0 bridgehead atoms. The van der Waals surface area contributed by atoms with Gasteiger partial charge in [0.25, 0.3) is 0 Å². The SMILES string of the molecule is Cc1cc(C(Br)COCC(F)(F)F)cc(C)c1F. The van der Waals surface area contributed by atoms with Crippen LogP contribution in [0.3, 0.4) is 0 Å². The molecule has 0 amide bonds. The normalized spacial score (nSPS) is 13.7. The van der Waals surface area contributed by atoms with Gasteiger partial charge in [-0.3, -0.25) is 0 Å². The van der Waals surface area contributed by atoms with Gasteiger partial charge in [0.1, 0.15) is 12.4 Å². The first kappa shape index (κ1) is 15.4. The van der Waals surface area contributed by atoms with E-state index in [1.165, 1.54) is 0 Å². The summed E-state index contributed by atoms with van der Waals surface area (Å²) >= 11 is 3.23. The summed E-state index contributed by atoms with van der Waals surface area (Å²) < 4.78 is 53.6. The molecular weight excluding hydrogens is 316 g/mol. The number of halogens is 5. The predicted octanol–water partition coefficient (Wildman–Crippen LogP) is 4.46. The second-order valence-corrected chi connectivity index (χ2v) is 5.17. The topological polar surface area (TPSA) is 9.23 Å². The van der Waals surface area contributed by atoms with Gasteiger partial charge in [0.05, 0.1) is 11.4 Å². The number of ether oxygens (including phenoxy) is 1. The average Bonchev–Trinajstić information content (AvgIpc) is 2.23. The van der Waals surface area contributed by atoms with E-state index in [9.17, 15) is 17.6 Å². The van der Waals surface area contributed by atoms with E-state index in [2.05, 4.69) is 20.7 Å². The summed E-state index contributed by atoms with van der Waals surface area (Å²) in [5, 5.41) is 0. The monoisotopic (exact) mass is 328 g/mol. The lowest BCUT2D eigenvalue weighted by Gasteiger charge is -2.14. The Bertz CT molecular complexity index is 394. The first-order valence-electron chi connectivity index (χ1n) is 5.26. The largest absolute Gasteiger partial charge is 0.411 e. The highest BCUT2D eigenvalue weighted by Crippen LogP contribution is 2.27. The molecule has 0 aromatic heterocycles. The molecule has 0 radical (unpaired) electrons. The Morgan fingerprint density at radius 3 is 2.17 bits per heavy atom. The number of benzene rings is 1. The quantitative estimate of drug-likeness (QED) is 0.585. The van der Waals surface area contributed by atoms with E-state index in [0.717, 1.165) is 0 Å². The Morgan fingerprint density at radius 1 is 1.22 bits per heavy atom. The second-order valence-electron chi connectivity index (χ2n) is 4.07. The van der Waals surface area contributed by atoms with E-state index in [1.807, 2.05) is 0 Å². The van der Waals surface area contributed by atoms with Crippen molar-refractivity contribution >= 4 is 15.9 Å². The second kappa shape index (κ2) is 6.02. The molecule has 0 N–H and O–H groups in total. The van der Waals surface area contributed by atoms with Gasteiger partial charge >= 0.3 is 6.18 Å². The molecule has 0 heterocycles. The number of aryl methyl sites for hydroxylation is 2. The van der Waals surface area contributed by atoms with E-state index in [0.29, 0.717) is 16.7 Å². The third kappa shape index (κ3) is 4.57. The minimum absolute atomic E-state index is 0.121. The zero-order valence-electron chi connectivity index (χ0n) is 9.94. The first-order chi connectivity index (χ1) is 8.20. The molecule has 1 aromatic rings. The highest BCUT2D eigenvalue weighted by molar-refractivity contribution is 9.09. The third-order valence-corrected chi connectivity index (χ3v) is 3.14. The standard InChI is InChI=1S/C12H13BrF4O/c1-7-3-9(4-8(2)11(7)14)10(13)5-18-6-12(15,16)17/h3-4,10H,5-6H2,1-2H3. The van der Waals surface area contributed by atoms with Gasteiger partial charge in [-0.2, -0.15) is 13.2 Å². The van der Waals surface area contributed by atoms with Crippen LogP contribution in [0.1, 0.15) is 21.5 Å². The molecule has 0 aliphatic heterocycles. The van der Waals surface area contributed by atoms with Crippen molar-refractivity contribution in [2.24, 2.45) is 0 Å². The summed E-state index contributed by atoms with van der Waals surface area (Å²) in [6, 6.07) is 3.19. The molecule has 0 aliphatic rings. The zero-order valence-corrected chi connectivity index (χ0v) is 11.5. The van der Waals surface area contributed by atoms with Crippen molar-refractivity contribution in [3.8, 4) is 0 Å². The van der Waals surface area contributed by atoms with Gasteiger partial charge < -0.3 is 4.74 Å². The van der Waals surface area contributed by atoms with Gasteiger partial charge in [-0.25, -0.2) is 4.39 Å². The summed E-state index contributed by atoms with van der Waals surface area (Å²) in [6.07, 6.45) is -4.33. The van der Waals surface area contributed by atoms with Gasteiger partial charge in [0.2, 0.25) is 0 Å². The molecule has 1 atom stereocenters. The molecule has 1 rings (SSSR count). The van der Waals surface area contributed by atoms with E-state index >= 15 is 0 Å². The molecule has 1 unspecified atom stereocenters. The summed E-state index contributed by atoms with van der Waals surface area (Å²) in [6.45, 7) is 1.82. The summed E-state index contributed by atoms with van der Waals surface area (Å²) in [5.74, 6) is -0.297. The van der Waals surface area contributed by atoms with Crippen molar-refractivity contribution < 1.29 is 22.3 Å². The van der Waals surface area contributed by atoms with Crippen LogP contribution in [-0.4, -0.2) is 19.4 Å². The molecule has 102 valence electrons. The number of rotatable bonds is 4. The fourth-order valence-corrected chi connectivity index (χ4v) is 1.99. The lowest BCUT2D eigenvalue weighted by molar-refractivity contribution is -0.173. The maximum atomic E-state index is 13.4. The smallest absolute Gasteiger partial charge is 0.371 e. The fourth-order valence-electron chi connectivity index (χ4n) is 1.53. The highest BCUT2D eigenvalue weighted by Gasteiger charge is 2.27. The van der Waals surface area contributed by atoms with E-state index in [1.54, 1.807) is 26.0 Å². The molecule has 1 aromatic carbocycles. The number of hydrogen-bond acceptors (Lipinski definition) is 1. The highest BCUT2D eigenvalue weighted by atomic mass is 79.9. The van der Waals surface area contributed by atoms with Gasteiger partial charge in [0.15, 0.2) is 0 Å². The van der Waals surface area contributed by atoms with Crippen LogP contribution in [0.15, 0.2) is 12.1 Å². The molecule has 18 heavy (non-hydrogen) atoms. The summed E-state index contributed by atoms with van der Waals surface area (Å²) in [7, 11) is 0. The van der Waals surface area contributed by atoms with Gasteiger partial charge in [-0.15, -0.1) is 0 Å². The molecule has 0 spiro atoms. The van der Waals surface area contributed by atoms with Gasteiger partial charge in [-0.1, -0.05) is 28.1 Å². The zero-order chi connectivity index (χ0) is 13.9. The predicted molar refractivity (Wildman–Crippen MR) is 64.4 cm³/mol. The molecule has 0 saturated carbocycles. The Morgan fingerprint density at radius 2 is 1.72 bits per heavy atom. The summed E-state index contributed by atoms with van der Waals surface area (Å²) in [5.41, 5.74) is 1.63. The minimum atomic E-state index is -4.33. The minimum Gasteiger partial charge on any atom is -0.371 e. The lowest BCUT2D eigenvalue weighted by atomic mass is 10.0. The van der Waals surface area contributed by atoms with Crippen molar-refractivity contribution in [2.45, 2.75) is 24.9 Å². The number of hydrogen-bond donors (Lipinski definition) is 0. The van der Waals surface area contributed by atoms with Gasteiger partial charge in [0, 0.05) is 0 Å². The van der Waals surface area contributed by atoms with Crippen molar-refractivity contribution in [3.05, 3.63) is 34.6 Å². The van der Waals surface area contributed by atoms with Crippen molar-refractivity contribution in [2.75, 3.05) is 13.2 Å². The van der Waals surface area contributed by atoms with E-state index in [4.69, 9.17) is 0 Å². The lowest BCUT2D eigenvalue weighted by Crippen LogP contribution is -2.18. The van der Waals surface area contributed by atoms with Crippen LogP contribution in [0.25, 0.3) is 0 Å². The summed E-state index contributed by atoms with van der Waals surface area (Å²) in [4.78, 5) is -0.391. The Labute approximate surface area is 111 Å². The molecule has 6 heteroatoms. The fraction of sp³-hybridized carbons (Fsp3) is 0.500. The van der Waals surface area contributed by atoms with Gasteiger partial charge in [-0.05, 0) is 30.5 Å². The number of alkyl halides is 4. The maximum absolute atomic E-state index is 13.4. The Kier molecular flexibility index (Phi) is 5.16. The van der Waals surface area contributed by atoms with Crippen LogP contribution in [0, 0.1) is 19.7 Å². The molecule has 0 saturated heterocycles. The maximum Gasteiger partial charge on any atom is 0.411 e. The third-order valence-electron chi connectivity index (χ3n) is 2.35. The van der Waals surface area contributed by atoms with Crippen LogP contribution in [-0.2, 0) is 4.74 Å². The van der Waals surface area contributed by atoms with E-state index < -0.39 is 17.6 Å². The van der Waals surface area contributed by atoms with Crippen molar-refractivity contribution in [1.82, 2.24) is 0 Å². The van der Waals surface area contributed by atoms with Crippen LogP contribution < -0.4 is 0 Å². The molecule has 0 aliphatic carbocycles. The molecule has 0 fully saturated rings. The average molecular weight is 329 g/mol. The molecule has 1 nitrogen and oxygen atoms in total. The Hall–Kier alpha value is -0.620. The van der Waals surface area contributed by atoms with Crippen LogP contribution >= 0.6 is 15.9 Å². The Balaban J connectivity index is 2.65. The van der Waals surface area contributed by atoms with E-state index in [-0.39, 0.29) is 12.4 Å². The first-order valence-corrected chi connectivity index (χ1v) is 6.17. The van der Waals surface area contributed by atoms with Crippen molar-refractivity contribution in [3.63, 3.8) is 0 Å². The van der Waals surface area contributed by atoms with Crippen LogP contribution in [0.5, 0.6) is 0 Å².